The molecule has 0 atom stereocenters. The Morgan fingerprint density at radius 3 is 2.83 bits per heavy atom. The number of hydrogen-bond acceptors (Lipinski definition) is 6. The number of aromatic nitrogens is 4. The molecule has 0 aromatic carbocycles. The van der Waals surface area contributed by atoms with Gasteiger partial charge in [-0.05, 0) is 37.6 Å². The van der Waals surface area contributed by atoms with Crippen LogP contribution >= 0.6 is 11.8 Å². The van der Waals surface area contributed by atoms with Gasteiger partial charge in [-0.1, -0.05) is 0 Å². The molecule has 0 bridgehead atoms. The first kappa shape index (κ1) is 11.4. The van der Waals surface area contributed by atoms with Crippen molar-refractivity contribution in [2.45, 2.75) is 35.7 Å². The number of nitrogen functional groups attached to an aromatic ring is 1. The summed E-state index contributed by atoms with van der Waals surface area (Å²) in [4.78, 5) is 17.0. The van der Waals surface area contributed by atoms with Crippen LogP contribution in [-0.4, -0.2) is 19.9 Å². The van der Waals surface area contributed by atoms with E-state index in [-0.39, 0.29) is 0 Å². The summed E-state index contributed by atoms with van der Waals surface area (Å²) in [6.07, 6.45) is 5.58. The van der Waals surface area contributed by atoms with Crippen molar-refractivity contribution in [3.8, 4) is 0 Å². The number of nitrogens with two attached hydrogens (primary N) is 1. The van der Waals surface area contributed by atoms with E-state index < -0.39 is 0 Å². The van der Waals surface area contributed by atoms with E-state index in [1.165, 1.54) is 30.9 Å². The minimum atomic E-state index is 0.498. The lowest BCUT2D eigenvalue weighted by Crippen LogP contribution is -2.03. The second-order valence-electron chi connectivity index (χ2n) is 4.32. The molecule has 0 radical (unpaired) electrons. The molecule has 18 heavy (non-hydrogen) atoms. The monoisotopic (exact) mass is 259 g/mol. The predicted molar refractivity (Wildman–Crippen MR) is 69.3 cm³/mol. The molecule has 2 N–H and O–H groups in total. The van der Waals surface area contributed by atoms with Gasteiger partial charge >= 0.3 is 0 Å². The standard InChI is InChI=1S/C12H13N5S/c1-7-10(13)16-11(8-2-3-8)17-12(7)18-9-4-5-14-6-15-9/h4-6,8H,2-3H2,1H3,(H2,13,16,17). The highest BCUT2D eigenvalue weighted by atomic mass is 32.2. The van der Waals surface area contributed by atoms with Crippen molar-refractivity contribution in [3.63, 3.8) is 0 Å². The Morgan fingerprint density at radius 2 is 2.17 bits per heavy atom. The molecule has 2 aromatic rings. The third kappa shape index (κ3) is 2.28. The third-order valence-electron chi connectivity index (χ3n) is 2.85. The third-order valence-corrected chi connectivity index (χ3v) is 3.90. The summed E-state index contributed by atoms with van der Waals surface area (Å²) < 4.78 is 0. The fourth-order valence-corrected chi connectivity index (χ4v) is 2.41. The molecule has 0 unspecified atom stereocenters. The van der Waals surface area contributed by atoms with Gasteiger partial charge in [-0.15, -0.1) is 0 Å². The minimum Gasteiger partial charge on any atom is -0.383 e. The Balaban J connectivity index is 1.95. The number of nitrogens with zero attached hydrogens (tertiary/aromatic N) is 4. The summed E-state index contributed by atoms with van der Waals surface area (Å²) in [6, 6.07) is 1.86. The van der Waals surface area contributed by atoms with E-state index in [4.69, 9.17) is 5.73 Å². The number of rotatable bonds is 3. The maximum absolute atomic E-state index is 5.94. The summed E-state index contributed by atoms with van der Waals surface area (Å²) >= 11 is 1.51. The fourth-order valence-electron chi connectivity index (χ4n) is 1.59. The molecule has 3 rings (SSSR count). The zero-order chi connectivity index (χ0) is 12.5. The molecule has 0 saturated heterocycles. The van der Waals surface area contributed by atoms with E-state index >= 15 is 0 Å². The van der Waals surface area contributed by atoms with Gasteiger partial charge in [0, 0.05) is 17.7 Å². The van der Waals surface area contributed by atoms with Crippen LogP contribution in [-0.2, 0) is 0 Å². The summed E-state index contributed by atoms with van der Waals surface area (Å²) in [6.45, 7) is 1.94. The molecule has 1 saturated carbocycles. The molecule has 2 heterocycles. The van der Waals surface area contributed by atoms with Gasteiger partial charge in [0.25, 0.3) is 0 Å². The van der Waals surface area contributed by atoms with Crippen molar-refractivity contribution < 1.29 is 0 Å². The van der Waals surface area contributed by atoms with Gasteiger partial charge < -0.3 is 5.73 Å². The summed E-state index contributed by atoms with van der Waals surface area (Å²) in [5.74, 6) is 1.94. The highest BCUT2D eigenvalue weighted by molar-refractivity contribution is 7.99. The van der Waals surface area contributed by atoms with Crippen LogP contribution < -0.4 is 5.73 Å². The zero-order valence-corrected chi connectivity index (χ0v) is 10.8. The van der Waals surface area contributed by atoms with E-state index in [1.54, 1.807) is 6.20 Å². The fraction of sp³-hybridized carbons (Fsp3) is 0.333. The molecule has 0 spiro atoms. The largest absolute Gasteiger partial charge is 0.383 e. The Bertz CT molecular complexity index is 568. The molecule has 0 amide bonds. The van der Waals surface area contributed by atoms with E-state index in [1.807, 2.05) is 13.0 Å². The van der Waals surface area contributed by atoms with E-state index in [9.17, 15) is 0 Å². The Morgan fingerprint density at radius 1 is 1.33 bits per heavy atom. The molecule has 1 aliphatic carbocycles. The van der Waals surface area contributed by atoms with Crippen molar-refractivity contribution in [3.05, 3.63) is 30.0 Å². The Labute approximate surface area is 109 Å². The molecule has 92 valence electrons. The maximum atomic E-state index is 5.94. The topological polar surface area (TPSA) is 77.6 Å². The first-order valence-corrected chi connectivity index (χ1v) is 6.63. The van der Waals surface area contributed by atoms with Crippen molar-refractivity contribution in [2.24, 2.45) is 0 Å². The molecule has 6 heteroatoms. The van der Waals surface area contributed by atoms with Crippen LogP contribution in [0.25, 0.3) is 0 Å². The quantitative estimate of drug-likeness (QED) is 0.851. The van der Waals surface area contributed by atoms with Crippen LogP contribution in [0, 0.1) is 6.92 Å². The Hall–Kier alpha value is -1.69. The number of anilines is 1. The first-order chi connectivity index (χ1) is 8.74. The van der Waals surface area contributed by atoms with Crippen LogP contribution in [0.3, 0.4) is 0 Å². The average molecular weight is 259 g/mol. The van der Waals surface area contributed by atoms with Crippen LogP contribution in [0.4, 0.5) is 5.82 Å². The van der Waals surface area contributed by atoms with Crippen molar-refractivity contribution in [1.29, 1.82) is 0 Å². The summed E-state index contributed by atoms with van der Waals surface area (Å²) in [7, 11) is 0. The lowest BCUT2D eigenvalue weighted by Gasteiger charge is -2.08. The second-order valence-corrected chi connectivity index (χ2v) is 5.33. The van der Waals surface area contributed by atoms with Gasteiger partial charge in [0.2, 0.25) is 0 Å². The number of hydrogen-bond donors (Lipinski definition) is 1. The van der Waals surface area contributed by atoms with Gasteiger partial charge in [-0.3, -0.25) is 0 Å². The summed E-state index contributed by atoms with van der Waals surface area (Å²) in [5, 5.41) is 1.76. The van der Waals surface area contributed by atoms with Crippen molar-refractivity contribution in [1.82, 2.24) is 19.9 Å². The molecule has 1 fully saturated rings. The average Bonchev–Trinajstić information content (AvgIpc) is 3.20. The van der Waals surface area contributed by atoms with Crippen LogP contribution in [0.2, 0.25) is 0 Å². The first-order valence-electron chi connectivity index (χ1n) is 5.82. The van der Waals surface area contributed by atoms with Crippen molar-refractivity contribution in [2.75, 3.05) is 5.73 Å². The maximum Gasteiger partial charge on any atom is 0.135 e. The van der Waals surface area contributed by atoms with Gasteiger partial charge in [0.15, 0.2) is 0 Å². The normalized spacial score (nSPS) is 14.7. The molecular weight excluding hydrogens is 246 g/mol. The van der Waals surface area contributed by atoms with Crippen LogP contribution in [0.1, 0.15) is 30.1 Å². The molecule has 5 nitrogen and oxygen atoms in total. The molecular formula is C12H13N5S. The lowest BCUT2D eigenvalue weighted by atomic mass is 10.3. The van der Waals surface area contributed by atoms with Gasteiger partial charge in [-0.2, -0.15) is 0 Å². The van der Waals surface area contributed by atoms with E-state index in [2.05, 4.69) is 19.9 Å². The SMILES string of the molecule is Cc1c(N)nc(C2CC2)nc1Sc1ccncn1. The molecule has 1 aliphatic rings. The predicted octanol–water partition coefficient (Wildman–Crippen LogP) is 2.19. The smallest absolute Gasteiger partial charge is 0.135 e. The lowest BCUT2D eigenvalue weighted by molar-refractivity contribution is 0.866. The summed E-state index contributed by atoms with van der Waals surface area (Å²) in [5.41, 5.74) is 6.86. The van der Waals surface area contributed by atoms with E-state index in [0.29, 0.717) is 11.7 Å². The van der Waals surface area contributed by atoms with Gasteiger partial charge in [-0.25, -0.2) is 19.9 Å². The van der Waals surface area contributed by atoms with Gasteiger partial charge in [0.05, 0.1) is 0 Å². The van der Waals surface area contributed by atoms with Crippen molar-refractivity contribution >= 4 is 17.6 Å². The highest BCUT2D eigenvalue weighted by Gasteiger charge is 2.28. The minimum absolute atomic E-state index is 0.498. The highest BCUT2D eigenvalue weighted by Crippen LogP contribution is 2.40. The van der Waals surface area contributed by atoms with Crippen LogP contribution in [0.15, 0.2) is 28.6 Å². The Kier molecular flexibility index (Phi) is 2.87. The zero-order valence-electron chi connectivity index (χ0n) is 10.00. The van der Waals surface area contributed by atoms with Crippen LogP contribution in [0.5, 0.6) is 0 Å². The molecule has 0 aliphatic heterocycles. The van der Waals surface area contributed by atoms with E-state index in [0.717, 1.165) is 21.4 Å². The second kappa shape index (κ2) is 4.53. The molecule has 2 aromatic heterocycles. The van der Waals surface area contributed by atoms with Gasteiger partial charge in [0.1, 0.15) is 28.0 Å².